The van der Waals surface area contributed by atoms with Gasteiger partial charge >= 0.3 is 17.1 Å². The first kappa shape index (κ1) is 10.7. The van der Waals surface area contributed by atoms with Crippen molar-refractivity contribution >= 4 is 28.2 Å². The minimum absolute atomic E-state index is 0. The molecular formula is C10H7CuS2. The van der Waals surface area contributed by atoms with Gasteiger partial charge in [-0.05, 0) is 10.8 Å². The third-order valence-corrected chi connectivity index (χ3v) is 3.38. The number of hydrogen-bond acceptors (Lipinski definition) is 2. The molecule has 70 valence electrons. The fraction of sp³-hybridized carbons (Fsp3) is 0. The summed E-state index contributed by atoms with van der Waals surface area (Å²) < 4.78 is 0. The molecule has 0 amide bonds. The predicted octanol–water partition coefficient (Wildman–Crippen LogP) is 3.67. The van der Waals surface area contributed by atoms with E-state index in [-0.39, 0.29) is 17.1 Å². The average Bonchev–Trinajstić information content (AvgIpc) is 2.77. The SMILES string of the molecule is [CH-]=C(c1cccs1)c1cccs1.[Cu+]. The smallest absolute Gasteiger partial charge is 0.216 e. The van der Waals surface area contributed by atoms with E-state index in [1.54, 1.807) is 22.7 Å². The third-order valence-electron chi connectivity index (χ3n) is 1.57. The molecule has 0 saturated carbocycles. The molecule has 2 aromatic heterocycles. The molecule has 0 aliphatic carbocycles. The summed E-state index contributed by atoms with van der Waals surface area (Å²) in [6, 6.07) is 8.11. The van der Waals surface area contributed by atoms with E-state index in [1.165, 1.54) is 0 Å². The second-order valence-electron chi connectivity index (χ2n) is 2.37. The fourth-order valence-electron chi connectivity index (χ4n) is 0.985. The van der Waals surface area contributed by atoms with Crippen molar-refractivity contribution in [3.05, 3.63) is 51.4 Å². The van der Waals surface area contributed by atoms with Crippen LogP contribution in [0.1, 0.15) is 9.75 Å². The zero-order valence-corrected chi connectivity index (χ0v) is 9.23. The Morgan fingerprint density at radius 2 is 1.46 bits per heavy atom. The molecule has 0 aromatic carbocycles. The Morgan fingerprint density at radius 3 is 1.77 bits per heavy atom. The first-order valence-electron chi connectivity index (χ1n) is 3.58. The maximum absolute atomic E-state index is 5.94. The van der Waals surface area contributed by atoms with Gasteiger partial charge in [0.2, 0.25) is 0 Å². The topological polar surface area (TPSA) is 0 Å². The van der Waals surface area contributed by atoms with Crippen LogP contribution in [0.3, 0.4) is 0 Å². The Morgan fingerprint density at radius 1 is 1.00 bits per heavy atom. The van der Waals surface area contributed by atoms with Crippen LogP contribution >= 0.6 is 22.7 Å². The van der Waals surface area contributed by atoms with Gasteiger partial charge in [-0.25, -0.2) is 29.3 Å². The summed E-state index contributed by atoms with van der Waals surface area (Å²) in [5.74, 6) is 0. The van der Waals surface area contributed by atoms with Crippen LogP contribution in [0.2, 0.25) is 0 Å². The van der Waals surface area contributed by atoms with Gasteiger partial charge in [0.15, 0.2) is 0 Å². The molecule has 2 heterocycles. The van der Waals surface area contributed by atoms with E-state index in [1.807, 2.05) is 35.0 Å². The summed E-state index contributed by atoms with van der Waals surface area (Å²) in [5, 5.41) is 4.08. The molecule has 0 fully saturated rings. The second kappa shape index (κ2) is 4.77. The Bertz CT molecular complexity index is 323. The van der Waals surface area contributed by atoms with Gasteiger partial charge in [-0.15, -0.1) is 0 Å². The van der Waals surface area contributed by atoms with Crippen molar-refractivity contribution in [3.63, 3.8) is 0 Å². The van der Waals surface area contributed by atoms with Crippen LogP contribution in [0.5, 0.6) is 0 Å². The van der Waals surface area contributed by atoms with Crippen molar-refractivity contribution in [2.45, 2.75) is 0 Å². The molecule has 0 N–H and O–H groups in total. The van der Waals surface area contributed by atoms with Crippen LogP contribution in [0.15, 0.2) is 35.0 Å². The maximum Gasteiger partial charge on any atom is 1.00 e. The van der Waals surface area contributed by atoms with Crippen molar-refractivity contribution in [1.82, 2.24) is 0 Å². The van der Waals surface area contributed by atoms with Crippen LogP contribution in [-0.2, 0) is 17.1 Å². The van der Waals surface area contributed by atoms with Crippen LogP contribution in [0.4, 0.5) is 0 Å². The van der Waals surface area contributed by atoms with E-state index in [2.05, 4.69) is 0 Å². The average molecular weight is 255 g/mol. The van der Waals surface area contributed by atoms with Crippen molar-refractivity contribution < 1.29 is 17.1 Å². The van der Waals surface area contributed by atoms with Gasteiger partial charge in [-0.2, -0.15) is 5.57 Å². The standard InChI is InChI=1S/C10H7S2.Cu/c1-8(9-4-2-6-11-9)10-5-3-7-12-10;/h1-7H;/q-1;+1. The molecular weight excluding hydrogens is 248 g/mol. The fourth-order valence-corrected chi connectivity index (χ4v) is 2.45. The first-order valence-corrected chi connectivity index (χ1v) is 5.34. The predicted molar refractivity (Wildman–Crippen MR) is 55.4 cm³/mol. The van der Waals surface area contributed by atoms with Gasteiger partial charge < -0.3 is 0 Å². The minimum Gasteiger partial charge on any atom is -0.216 e. The zero-order chi connectivity index (χ0) is 8.39. The summed E-state index contributed by atoms with van der Waals surface area (Å²) >= 11 is 3.35. The van der Waals surface area contributed by atoms with E-state index in [0.29, 0.717) is 0 Å². The van der Waals surface area contributed by atoms with Crippen molar-refractivity contribution in [2.24, 2.45) is 0 Å². The van der Waals surface area contributed by atoms with E-state index in [0.717, 1.165) is 15.3 Å². The zero-order valence-electron chi connectivity index (χ0n) is 6.66. The summed E-state index contributed by atoms with van der Waals surface area (Å²) in [6.45, 7) is 5.94. The maximum atomic E-state index is 5.94. The first-order chi connectivity index (χ1) is 5.88. The summed E-state index contributed by atoms with van der Waals surface area (Å²) in [7, 11) is 0. The van der Waals surface area contributed by atoms with E-state index in [4.69, 9.17) is 6.58 Å². The molecule has 0 bridgehead atoms. The van der Waals surface area contributed by atoms with Gasteiger partial charge in [-0.3, -0.25) is 0 Å². The number of rotatable bonds is 2. The Balaban J connectivity index is 0.000000845. The quantitative estimate of drug-likeness (QED) is 0.567. The van der Waals surface area contributed by atoms with Crippen LogP contribution in [0, 0.1) is 6.58 Å². The van der Waals surface area contributed by atoms with Crippen molar-refractivity contribution in [2.75, 3.05) is 0 Å². The molecule has 0 saturated heterocycles. The van der Waals surface area contributed by atoms with Crippen molar-refractivity contribution in [3.8, 4) is 0 Å². The van der Waals surface area contributed by atoms with Gasteiger partial charge in [-0.1, -0.05) is 34.0 Å². The number of thiophene rings is 2. The molecule has 0 atom stereocenters. The molecule has 3 heteroatoms. The van der Waals surface area contributed by atoms with E-state index in [9.17, 15) is 0 Å². The Hall–Kier alpha value is -0.341. The molecule has 0 radical (unpaired) electrons. The summed E-state index contributed by atoms with van der Waals surface area (Å²) in [5.41, 5.74) is 0.889. The largest absolute Gasteiger partial charge is 1.00 e. The molecule has 13 heavy (non-hydrogen) atoms. The van der Waals surface area contributed by atoms with Gasteiger partial charge in [0.05, 0.1) is 0 Å². The molecule has 0 aliphatic heterocycles. The van der Waals surface area contributed by atoms with Gasteiger partial charge in [0.25, 0.3) is 0 Å². The van der Waals surface area contributed by atoms with Crippen LogP contribution in [0.25, 0.3) is 5.57 Å². The third kappa shape index (κ3) is 2.32. The number of hydrogen-bond donors (Lipinski definition) is 0. The second-order valence-corrected chi connectivity index (χ2v) is 4.26. The van der Waals surface area contributed by atoms with Gasteiger partial charge in [0, 0.05) is 0 Å². The molecule has 0 nitrogen and oxygen atoms in total. The molecule has 0 aliphatic rings. The summed E-state index contributed by atoms with van der Waals surface area (Å²) in [4.78, 5) is 2.30. The minimum atomic E-state index is 0. The molecule has 2 rings (SSSR count). The molecule has 0 unspecified atom stereocenters. The summed E-state index contributed by atoms with van der Waals surface area (Å²) in [6.07, 6.45) is 0. The monoisotopic (exact) mass is 254 g/mol. The van der Waals surface area contributed by atoms with Crippen molar-refractivity contribution in [1.29, 1.82) is 0 Å². The van der Waals surface area contributed by atoms with Gasteiger partial charge in [0.1, 0.15) is 0 Å². The Kier molecular flexibility index (Phi) is 3.94. The van der Waals surface area contributed by atoms with Crippen LogP contribution in [-0.4, -0.2) is 0 Å². The molecule has 2 aromatic rings. The van der Waals surface area contributed by atoms with Crippen LogP contribution < -0.4 is 0 Å². The Labute approximate surface area is 96.4 Å². The van der Waals surface area contributed by atoms with E-state index >= 15 is 0 Å². The molecule has 0 spiro atoms. The normalized spacial score (nSPS) is 9.23. The van der Waals surface area contributed by atoms with E-state index < -0.39 is 0 Å².